The van der Waals surface area contributed by atoms with Crippen LogP contribution in [0.4, 0.5) is 5.95 Å². The van der Waals surface area contributed by atoms with Crippen molar-refractivity contribution >= 4 is 18.2 Å². The van der Waals surface area contributed by atoms with Crippen LogP contribution in [-0.4, -0.2) is 27.9 Å². The monoisotopic (exact) mass is 246 g/mol. The summed E-state index contributed by atoms with van der Waals surface area (Å²) in [7, 11) is 0. The van der Waals surface area contributed by atoms with E-state index in [1.165, 1.54) is 12.8 Å². The SMILES string of the molecule is S=c1[nH]nc(N2CCCC2)n1-c1ccccc1. The zero-order chi connectivity index (χ0) is 11.7. The lowest BCUT2D eigenvalue weighted by Crippen LogP contribution is -2.21. The maximum atomic E-state index is 5.31. The predicted octanol–water partition coefficient (Wildman–Crippen LogP) is 2.53. The molecule has 0 radical (unpaired) electrons. The third kappa shape index (κ3) is 1.86. The zero-order valence-corrected chi connectivity index (χ0v) is 10.3. The van der Waals surface area contributed by atoms with Crippen LogP contribution in [0.3, 0.4) is 0 Å². The van der Waals surface area contributed by atoms with E-state index in [1.54, 1.807) is 0 Å². The Morgan fingerprint density at radius 2 is 1.82 bits per heavy atom. The molecule has 1 saturated heterocycles. The molecule has 88 valence electrons. The number of para-hydroxylation sites is 1. The van der Waals surface area contributed by atoms with Gasteiger partial charge in [0.25, 0.3) is 0 Å². The Hall–Kier alpha value is -1.62. The van der Waals surface area contributed by atoms with Gasteiger partial charge in [0.15, 0.2) is 0 Å². The van der Waals surface area contributed by atoms with Crippen LogP contribution in [0.1, 0.15) is 12.8 Å². The minimum Gasteiger partial charge on any atom is -0.341 e. The fourth-order valence-corrected chi connectivity index (χ4v) is 2.46. The zero-order valence-electron chi connectivity index (χ0n) is 9.47. The second-order valence-electron chi connectivity index (χ2n) is 4.19. The summed E-state index contributed by atoms with van der Waals surface area (Å²) < 4.78 is 2.65. The summed E-state index contributed by atoms with van der Waals surface area (Å²) >= 11 is 5.31. The predicted molar refractivity (Wildman–Crippen MR) is 70.2 cm³/mol. The van der Waals surface area contributed by atoms with Crippen LogP contribution < -0.4 is 4.90 Å². The summed E-state index contributed by atoms with van der Waals surface area (Å²) in [4.78, 5) is 2.28. The number of aromatic amines is 1. The van der Waals surface area contributed by atoms with E-state index < -0.39 is 0 Å². The number of rotatable bonds is 2. The van der Waals surface area contributed by atoms with Crippen molar-refractivity contribution in [2.24, 2.45) is 0 Å². The van der Waals surface area contributed by atoms with E-state index in [1.807, 2.05) is 34.9 Å². The standard InChI is InChI=1S/C12H14N4S/c17-12-14-13-11(15-8-4-5-9-15)16(12)10-6-2-1-3-7-10/h1-3,6-7H,4-5,8-9H2,(H,14,17). The molecule has 0 unspecified atom stereocenters. The maximum absolute atomic E-state index is 5.31. The van der Waals surface area contributed by atoms with Crippen LogP contribution in [0.25, 0.3) is 5.69 Å². The molecule has 2 aromatic rings. The summed E-state index contributed by atoms with van der Waals surface area (Å²) in [6.45, 7) is 2.12. The van der Waals surface area contributed by atoms with Crippen LogP contribution in [-0.2, 0) is 0 Å². The normalized spacial score (nSPS) is 15.4. The minimum absolute atomic E-state index is 0.651. The maximum Gasteiger partial charge on any atom is 0.230 e. The molecule has 0 amide bonds. The van der Waals surface area contributed by atoms with Crippen LogP contribution in [0.2, 0.25) is 0 Å². The highest BCUT2D eigenvalue weighted by molar-refractivity contribution is 7.71. The van der Waals surface area contributed by atoms with Gasteiger partial charge >= 0.3 is 0 Å². The van der Waals surface area contributed by atoms with Crippen molar-refractivity contribution in [3.8, 4) is 5.69 Å². The number of H-pyrrole nitrogens is 1. The quantitative estimate of drug-likeness (QED) is 0.827. The van der Waals surface area contributed by atoms with Gasteiger partial charge in [0, 0.05) is 13.1 Å². The van der Waals surface area contributed by atoms with Crippen LogP contribution in [0.15, 0.2) is 30.3 Å². The van der Waals surface area contributed by atoms with E-state index in [0.29, 0.717) is 4.77 Å². The van der Waals surface area contributed by atoms with Gasteiger partial charge in [0.1, 0.15) is 0 Å². The Bertz CT molecular complexity index is 551. The average Bonchev–Trinajstić information content (AvgIpc) is 2.98. The molecular weight excluding hydrogens is 232 g/mol. The van der Waals surface area contributed by atoms with Gasteiger partial charge in [0.05, 0.1) is 5.69 Å². The van der Waals surface area contributed by atoms with Crippen molar-refractivity contribution in [3.63, 3.8) is 0 Å². The van der Waals surface area contributed by atoms with E-state index in [0.717, 1.165) is 24.7 Å². The van der Waals surface area contributed by atoms with Gasteiger partial charge in [-0.25, -0.2) is 5.10 Å². The molecule has 5 heteroatoms. The number of hydrogen-bond acceptors (Lipinski definition) is 3. The minimum atomic E-state index is 0.651. The van der Waals surface area contributed by atoms with Gasteiger partial charge in [-0.2, -0.15) is 0 Å². The first-order chi connectivity index (χ1) is 8.36. The van der Waals surface area contributed by atoms with Gasteiger partial charge in [-0.1, -0.05) is 18.2 Å². The summed E-state index contributed by atoms with van der Waals surface area (Å²) in [5, 5.41) is 7.23. The van der Waals surface area contributed by atoms with Crippen LogP contribution in [0, 0.1) is 4.77 Å². The molecule has 0 atom stereocenters. The molecule has 1 aromatic heterocycles. The topological polar surface area (TPSA) is 36.9 Å². The Morgan fingerprint density at radius 1 is 1.12 bits per heavy atom. The number of benzene rings is 1. The second kappa shape index (κ2) is 4.33. The van der Waals surface area contributed by atoms with Gasteiger partial charge in [-0.05, 0) is 37.2 Å². The van der Waals surface area contributed by atoms with Crippen molar-refractivity contribution in [1.82, 2.24) is 14.8 Å². The van der Waals surface area contributed by atoms with E-state index in [9.17, 15) is 0 Å². The Morgan fingerprint density at radius 3 is 2.53 bits per heavy atom. The largest absolute Gasteiger partial charge is 0.341 e. The first kappa shape index (κ1) is 10.5. The van der Waals surface area contributed by atoms with E-state index >= 15 is 0 Å². The van der Waals surface area contributed by atoms with E-state index in [4.69, 9.17) is 12.2 Å². The molecule has 1 aliphatic rings. The highest BCUT2D eigenvalue weighted by Gasteiger charge is 2.18. The highest BCUT2D eigenvalue weighted by Crippen LogP contribution is 2.21. The first-order valence-electron chi connectivity index (χ1n) is 5.84. The number of hydrogen-bond donors (Lipinski definition) is 1. The number of aromatic nitrogens is 3. The fourth-order valence-electron chi connectivity index (χ4n) is 2.23. The highest BCUT2D eigenvalue weighted by atomic mass is 32.1. The molecule has 1 aliphatic heterocycles. The third-order valence-electron chi connectivity index (χ3n) is 3.06. The van der Waals surface area contributed by atoms with Crippen LogP contribution >= 0.6 is 12.2 Å². The Labute approximate surface area is 105 Å². The molecule has 4 nitrogen and oxygen atoms in total. The molecule has 0 bridgehead atoms. The smallest absolute Gasteiger partial charge is 0.230 e. The number of nitrogens with one attached hydrogen (secondary N) is 1. The van der Waals surface area contributed by atoms with Crippen molar-refractivity contribution in [3.05, 3.63) is 35.1 Å². The summed E-state index contributed by atoms with van der Waals surface area (Å²) in [5.41, 5.74) is 1.06. The van der Waals surface area contributed by atoms with Gasteiger partial charge in [-0.15, -0.1) is 5.10 Å². The summed E-state index contributed by atoms with van der Waals surface area (Å²) in [6.07, 6.45) is 2.46. The van der Waals surface area contributed by atoms with Crippen LogP contribution in [0.5, 0.6) is 0 Å². The number of anilines is 1. The van der Waals surface area contributed by atoms with Crippen molar-refractivity contribution in [2.75, 3.05) is 18.0 Å². The van der Waals surface area contributed by atoms with E-state index in [2.05, 4.69) is 15.1 Å². The first-order valence-corrected chi connectivity index (χ1v) is 6.25. The molecule has 2 heterocycles. The lowest BCUT2D eigenvalue weighted by Gasteiger charge is -2.17. The lowest BCUT2D eigenvalue weighted by atomic mass is 10.3. The molecule has 1 fully saturated rings. The Balaban J connectivity index is 2.09. The third-order valence-corrected chi connectivity index (χ3v) is 3.33. The van der Waals surface area contributed by atoms with Crippen molar-refractivity contribution in [2.45, 2.75) is 12.8 Å². The Kier molecular flexibility index (Phi) is 2.68. The molecule has 0 spiro atoms. The molecule has 3 rings (SSSR count). The molecule has 1 N–H and O–H groups in total. The molecule has 0 saturated carbocycles. The molecule has 0 aliphatic carbocycles. The molecule has 1 aromatic carbocycles. The average molecular weight is 246 g/mol. The van der Waals surface area contributed by atoms with Crippen molar-refractivity contribution in [1.29, 1.82) is 0 Å². The molecular formula is C12H14N4S. The van der Waals surface area contributed by atoms with Crippen molar-refractivity contribution < 1.29 is 0 Å². The number of nitrogens with zero attached hydrogens (tertiary/aromatic N) is 3. The lowest BCUT2D eigenvalue weighted by molar-refractivity contribution is 0.869. The van der Waals surface area contributed by atoms with Gasteiger partial charge in [0.2, 0.25) is 10.7 Å². The fraction of sp³-hybridized carbons (Fsp3) is 0.333. The van der Waals surface area contributed by atoms with Gasteiger partial charge < -0.3 is 4.90 Å². The summed E-state index contributed by atoms with van der Waals surface area (Å²) in [6, 6.07) is 10.1. The second-order valence-corrected chi connectivity index (χ2v) is 4.58. The summed E-state index contributed by atoms with van der Waals surface area (Å²) in [5.74, 6) is 0.929. The molecule has 17 heavy (non-hydrogen) atoms. The van der Waals surface area contributed by atoms with Gasteiger partial charge in [-0.3, -0.25) is 4.57 Å². The van der Waals surface area contributed by atoms with E-state index in [-0.39, 0.29) is 0 Å².